The number of hydrogen-bond acceptors (Lipinski definition) is 4. The predicted octanol–water partition coefficient (Wildman–Crippen LogP) is 0.588. The van der Waals surface area contributed by atoms with E-state index in [2.05, 4.69) is 10.1 Å². The molecule has 0 bridgehead atoms. The monoisotopic (exact) mass is 272 g/mol. The van der Waals surface area contributed by atoms with Crippen molar-refractivity contribution in [3.63, 3.8) is 0 Å². The third-order valence-electron chi connectivity index (χ3n) is 3.40. The number of carboxylic acids is 1. The summed E-state index contributed by atoms with van der Waals surface area (Å²) in [6.07, 6.45) is 2.32. The SMILES string of the molecule is COC(=O)CCN(C)C(=O)NC1(CC(=O)O)CCC1. The zero-order valence-corrected chi connectivity index (χ0v) is 11.3. The maximum Gasteiger partial charge on any atom is 0.317 e. The van der Waals surface area contributed by atoms with Crippen LogP contribution in [0, 0.1) is 0 Å². The van der Waals surface area contributed by atoms with E-state index >= 15 is 0 Å². The molecular weight excluding hydrogens is 252 g/mol. The normalized spacial score (nSPS) is 16.1. The van der Waals surface area contributed by atoms with Gasteiger partial charge in [0.1, 0.15) is 0 Å². The van der Waals surface area contributed by atoms with E-state index in [-0.39, 0.29) is 31.4 Å². The Balaban J connectivity index is 2.44. The van der Waals surface area contributed by atoms with Crippen LogP contribution in [0.4, 0.5) is 4.79 Å². The van der Waals surface area contributed by atoms with Gasteiger partial charge in [0.05, 0.1) is 25.5 Å². The second-order valence-electron chi connectivity index (χ2n) is 4.88. The summed E-state index contributed by atoms with van der Waals surface area (Å²) < 4.78 is 4.49. The minimum Gasteiger partial charge on any atom is -0.481 e. The van der Waals surface area contributed by atoms with Crippen LogP contribution in [0.3, 0.4) is 0 Å². The van der Waals surface area contributed by atoms with Gasteiger partial charge in [-0.2, -0.15) is 0 Å². The lowest BCUT2D eigenvalue weighted by Crippen LogP contribution is -2.57. The fraction of sp³-hybridized carbons (Fsp3) is 0.750. The Morgan fingerprint density at radius 2 is 2.00 bits per heavy atom. The van der Waals surface area contributed by atoms with Gasteiger partial charge < -0.3 is 20.1 Å². The molecule has 2 N–H and O–H groups in total. The molecule has 7 heteroatoms. The maximum atomic E-state index is 11.9. The Morgan fingerprint density at radius 1 is 1.37 bits per heavy atom. The molecular formula is C12H20N2O5. The first-order valence-electron chi connectivity index (χ1n) is 6.20. The molecule has 0 atom stereocenters. The Bertz CT molecular complexity index is 365. The fourth-order valence-corrected chi connectivity index (χ4v) is 2.02. The quantitative estimate of drug-likeness (QED) is 0.690. The maximum absolute atomic E-state index is 11.9. The summed E-state index contributed by atoms with van der Waals surface area (Å²) in [5.41, 5.74) is -0.623. The van der Waals surface area contributed by atoms with E-state index in [1.807, 2.05) is 0 Å². The van der Waals surface area contributed by atoms with Crippen molar-refractivity contribution < 1.29 is 24.2 Å². The zero-order valence-electron chi connectivity index (χ0n) is 11.3. The molecule has 0 aromatic heterocycles. The molecule has 1 rings (SSSR count). The van der Waals surface area contributed by atoms with Crippen molar-refractivity contribution in [2.45, 2.75) is 37.6 Å². The lowest BCUT2D eigenvalue weighted by molar-refractivity contribution is -0.141. The molecule has 0 aliphatic heterocycles. The van der Waals surface area contributed by atoms with Crippen molar-refractivity contribution in [2.75, 3.05) is 20.7 Å². The van der Waals surface area contributed by atoms with Gasteiger partial charge >= 0.3 is 18.0 Å². The smallest absolute Gasteiger partial charge is 0.317 e. The van der Waals surface area contributed by atoms with Crippen molar-refractivity contribution in [3.05, 3.63) is 0 Å². The van der Waals surface area contributed by atoms with Crippen LogP contribution in [0.25, 0.3) is 0 Å². The van der Waals surface area contributed by atoms with Crippen molar-refractivity contribution in [1.82, 2.24) is 10.2 Å². The Hall–Kier alpha value is -1.79. The summed E-state index contributed by atoms with van der Waals surface area (Å²) in [5, 5.41) is 11.6. The molecule has 1 fully saturated rings. The first kappa shape index (κ1) is 15.3. The molecule has 0 unspecified atom stereocenters. The number of rotatable bonds is 6. The number of methoxy groups -OCH3 is 1. The van der Waals surface area contributed by atoms with Crippen LogP contribution in [0.15, 0.2) is 0 Å². The lowest BCUT2D eigenvalue weighted by atomic mass is 9.74. The molecule has 0 radical (unpaired) electrons. The Kier molecular flexibility index (Phi) is 5.14. The van der Waals surface area contributed by atoms with Gasteiger partial charge in [-0.3, -0.25) is 9.59 Å². The van der Waals surface area contributed by atoms with Crippen molar-refractivity contribution in [2.24, 2.45) is 0 Å². The molecule has 1 aliphatic carbocycles. The largest absolute Gasteiger partial charge is 0.481 e. The van der Waals surface area contributed by atoms with Gasteiger partial charge in [-0.05, 0) is 19.3 Å². The number of nitrogens with one attached hydrogen (secondary N) is 1. The lowest BCUT2D eigenvalue weighted by Gasteiger charge is -2.42. The molecule has 108 valence electrons. The fourth-order valence-electron chi connectivity index (χ4n) is 2.02. The minimum atomic E-state index is -0.919. The van der Waals surface area contributed by atoms with Crippen LogP contribution in [0.1, 0.15) is 32.1 Å². The van der Waals surface area contributed by atoms with E-state index in [9.17, 15) is 14.4 Å². The molecule has 19 heavy (non-hydrogen) atoms. The van der Waals surface area contributed by atoms with Crippen molar-refractivity contribution >= 4 is 18.0 Å². The number of ether oxygens (including phenoxy) is 1. The zero-order chi connectivity index (χ0) is 14.5. The predicted molar refractivity (Wildman–Crippen MR) is 66.6 cm³/mol. The topological polar surface area (TPSA) is 95.9 Å². The van der Waals surface area contributed by atoms with E-state index in [0.717, 1.165) is 6.42 Å². The van der Waals surface area contributed by atoms with Crippen molar-refractivity contribution in [3.8, 4) is 0 Å². The third-order valence-corrected chi connectivity index (χ3v) is 3.40. The molecule has 0 aromatic carbocycles. The van der Waals surface area contributed by atoms with Gasteiger partial charge in [0, 0.05) is 13.6 Å². The summed E-state index contributed by atoms with van der Waals surface area (Å²) >= 11 is 0. The Morgan fingerprint density at radius 3 is 2.42 bits per heavy atom. The summed E-state index contributed by atoms with van der Waals surface area (Å²) in [4.78, 5) is 35.0. The average Bonchev–Trinajstić information content (AvgIpc) is 2.31. The van der Waals surface area contributed by atoms with Gasteiger partial charge in [-0.15, -0.1) is 0 Å². The summed E-state index contributed by atoms with van der Waals surface area (Å²) in [7, 11) is 2.85. The number of carbonyl (C=O) groups excluding carboxylic acids is 2. The molecule has 0 aromatic rings. The molecule has 7 nitrogen and oxygen atoms in total. The second kappa shape index (κ2) is 6.40. The second-order valence-corrected chi connectivity index (χ2v) is 4.88. The van der Waals surface area contributed by atoms with Gasteiger partial charge in [-0.25, -0.2) is 4.79 Å². The number of carboxylic acid groups (broad SMARTS) is 1. The molecule has 0 saturated heterocycles. The van der Waals surface area contributed by atoms with Gasteiger partial charge in [0.25, 0.3) is 0 Å². The molecule has 0 spiro atoms. The highest BCUT2D eigenvalue weighted by molar-refractivity contribution is 5.77. The van der Waals surface area contributed by atoms with E-state index in [1.54, 1.807) is 7.05 Å². The number of aliphatic carboxylic acids is 1. The molecule has 0 heterocycles. The third kappa shape index (κ3) is 4.42. The number of amides is 2. The first-order valence-corrected chi connectivity index (χ1v) is 6.20. The number of esters is 1. The van der Waals surface area contributed by atoms with Crippen LogP contribution in [-0.2, 0) is 14.3 Å². The first-order chi connectivity index (χ1) is 8.88. The van der Waals surface area contributed by atoms with Crippen molar-refractivity contribution in [1.29, 1.82) is 0 Å². The highest BCUT2D eigenvalue weighted by Crippen LogP contribution is 2.35. The number of urea groups is 1. The van der Waals surface area contributed by atoms with E-state index in [4.69, 9.17) is 5.11 Å². The van der Waals surface area contributed by atoms with E-state index < -0.39 is 11.5 Å². The summed E-state index contributed by atoms with van der Waals surface area (Å²) in [5.74, 6) is -1.30. The molecule has 1 aliphatic rings. The highest BCUT2D eigenvalue weighted by atomic mass is 16.5. The molecule has 1 saturated carbocycles. The van der Waals surface area contributed by atoms with Gasteiger partial charge in [0.15, 0.2) is 0 Å². The van der Waals surface area contributed by atoms with Crippen LogP contribution in [-0.4, -0.2) is 54.2 Å². The van der Waals surface area contributed by atoms with Gasteiger partial charge in [0.2, 0.25) is 0 Å². The highest BCUT2D eigenvalue weighted by Gasteiger charge is 2.40. The van der Waals surface area contributed by atoms with Crippen LogP contribution in [0.2, 0.25) is 0 Å². The van der Waals surface area contributed by atoms with Gasteiger partial charge in [-0.1, -0.05) is 0 Å². The van der Waals surface area contributed by atoms with Crippen LogP contribution < -0.4 is 5.32 Å². The standard InChI is InChI=1S/C12H20N2O5/c1-14(7-4-10(17)19-2)11(18)13-12(5-3-6-12)8-9(15)16/h3-8H2,1-2H3,(H,13,18)(H,15,16). The molecule has 2 amide bonds. The number of nitrogens with zero attached hydrogens (tertiary/aromatic N) is 1. The van der Waals surface area contributed by atoms with E-state index in [0.29, 0.717) is 12.8 Å². The summed E-state index contributed by atoms with van der Waals surface area (Å²) in [6, 6.07) is -0.357. The van der Waals surface area contributed by atoms with Crippen LogP contribution in [0.5, 0.6) is 0 Å². The average molecular weight is 272 g/mol. The minimum absolute atomic E-state index is 0.0659. The van der Waals surface area contributed by atoms with Crippen LogP contribution >= 0.6 is 0 Å². The number of carbonyl (C=O) groups is 3. The summed E-state index contributed by atoms with van der Waals surface area (Å²) in [6.45, 7) is 0.238. The number of hydrogen-bond donors (Lipinski definition) is 2. The van der Waals surface area contributed by atoms with E-state index in [1.165, 1.54) is 12.0 Å². The Labute approximate surface area is 111 Å².